The molecule has 2 aliphatic heterocycles. The van der Waals surface area contributed by atoms with Crippen LogP contribution in [0.15, 0.2) is 91.0 Å². The van der Waals surface area contributed by atoms with Crippen LogP contribution < -0.4 is 10.1 Å². The van der Waals surface area contributed by atoms with E-state index in [9.17, 15) is 19.5 Å². The van der Waals surface area contributed by atoms with Gasteiger partial charge in [-0.05, 0) is 30.2 Å². The number of benzene rings is 3. The van der Waals surface area contributed by atoms with E-state index >= 15 is 0 Å². The molecule has 3 aromatic carbocycles. The van der Waals surface area contributed by atoms with Crippen molar-refractivity contribution >= 4 is 29.5 Å². The molecule has 4 atom stereocenters. The lowest BCUT2D eigenvalue weighted by Gasteiger charge is -2.57. The maximum atomic E-state index is 13.6. The molecule has 2 aliphatic rings. The van der Waals surface area contributed by atoms with Gasteiger partial charge in [0.2, 0.25) is 5.91 Å². The van der Waals surface area contributed by atoms with Gasteiger partial charge in [-0.2, -0.15) is 11.8 Å². The molecule has 0 spiro atoms. The second-order valence-corrected chi connectivity index (χ2v) is 10.6. The Morgan fingerprint density at radius 1 is 1.00 bits per heavy atom. The lowest BCUT2D eigenvalue weighted by molar-refractivity contribution is -0.216. The average Bonchev–Trinajstić information content (AvgIpc) is 2.96. The summed E-state index contributed by atoms with van der Waals surface area (Å²) in [5.74, 6) is -0.922. The topological polar surface area (TPSA) is 105 Å². The third kappa shape index (κ3) is 4.87. The van der Waals surface area contributed by atoms with E-state index in [1.165, 1.54) is 11.8 Å². The Balaban J connectivity index is 1.31. The first-order valence-electron chi connectivity index (χ1n) is 12.3. The fourth-order valence-electron chi connectivity index (χ4n) is 4.77. The SMILES string of the molecule is CC1SC[C@H]2[C@@H](NC(=O)COc3ccccc3)C(=O)N2C1(O)C(=O)OC(c1ccccc1)c1ccccc1. The largest absolute Gasteiger partial charge is 0.484 e. The number of nitrogens with zero attached hydrogens (tertiary/aromatic N) is 1. The van der Waals surface area contributed by atoms with Gasteiger partial charge in [-0.25, -0.2) is 4.79 Å². The number of nitrogens with one attached hydrogen (secondary N) is 1. The Hall–Kier alpha value is -3.82. The maximum Gasteiger partial charge on any atom is 0.362 e. The van der Waals surface area contributed by atoms with E-state index < -0.39 is 46.9 Å². The van der Waals surface area contributed by atoms with Gasteiger partial charge in [-0.3, -0.25) is 14.5 Å². The number of ether oxygens (including phenoxy) is 2. The molecule has 0 aromatic heterocycles. The van der Waals surface area contributed by atoms with Crippen molar-refractivity contribution in [3.8, 4) is 5.75 Å². The van der Waals surface area contributed by atoms with Crippen molar-refractivity contribution in [2.24, 2.45) is 0 Å². The molecule has 2 fully saturated rings. The quantitative estimate of drug-likeness (QED) is 0.340. The molecule has 5 rings (SSSR count). The number of hydrogen-bond donors (Lipinski definition) is 2. The smallest absolute Gasteiger partial charge is 0.362 e. The summed E-state index contributed by atoms with van der Waals surface area (Å²) in [4.78, 5) is 40.5. The zero-order chi connectivity index (χ0) is 26.7. The number of carbonyl (C=O) groups excluding carboxylic acids is 3. The third-order valence-corrected chi connectivity index (χ3v) is 8.19. The number of rotatable bonds is 8. The van der Waals surface area contributed by atoms with E-state index in [-0.39, 0.29) is 6.61 Å². The highest BCUT2D eigenvalue weighted by Crippen LogP contribution is 2.44. The summed E-state index contributed by atoms with van der Waals surface area (Å²) < 4.78 is 11.4. The zero-order valence-electron chi connectivity index (χ0n) is 20.7. The van der Waals surface area contributed by atoms with Gasteiger partial charge in [0.05, 0.1) is 11.3 Å². The normalized spacial score (nSPS) is 24.2. The van der Waals surface area contributed by atoms with Crippen LogP contribution in [-0.4, -0.2) is 63.2 Å². The minimum absolute atomic E-state index is 0.258. The van der Waals surface area contributed by atoms with Gasteiger partial charge in [-0.15, -0.1) is 0 Å². The fourth-order valence-corrected chi connectivity index (χ4v) is 6.04. The van der Waals surface area contributed by atoms with Gasteiger partial charge in [0.15, 0.2) is 12.7 Å². The molecule has 38 heavy (non-hydrogen) atoms. The molecule has 0 radical (unpaired) electrons. The number of β-lactam (4-membered cyclic amide) rings is 1. The van der Waals surface area contributed by atoms with Crippen LogP contribution in [0.5, 0.6) is 5.75 Å². The van der Waals surface area contributed by atoms with Crippen molar-refractivity contribution in [2.45, 2.75) is 36.1 Å². The first kappa shape index (κ1) is 25.8. The van der Waals surface area contributed by atoms with Crippen LogP contribution in [0.1, 0.15) is 24.2 Å². The first-order valence-corrected chi connectivity index (χ1v) is 13.4. The third-order valence-electron chi connectivity index (χ3n) is 6.83. The van der Waals surface area contributed by atoms with Crippen LogP contribution >= 0.6 is 11.8 Å². The van der Waals surface area contributed by atoms with Crippen LogP contribution in [0.3, 0.4) is 0 Å². The molecular formula is C29H28N2O6S. The lowest BCUT2D eigenvalue weighted by Crippen LogP contribution is -2.82. The number of esters is 1. The first-order chi connectivity index (χ1) is 18.4. The lowest BCUT2D eigenvalue weighted by atomic mass is 9.89. The molecule has 9 heteroatoms. The molecule has 3 aromatic rings. The zero-order valence-corrected chi connectivity index (χ0v) is 21.5. The molecule has 196 valence electrons. The molecule has 2 N–H and O–H groups in total. The van der Waals surface area contributed by atoms with E-state index in [4.69, 9.17) is 9.47 Å². The summed E-state index contributed by atoms with van der Waals surface area (Å²) in [5, 5.41) is 13.7. The molecule has 8 nitrogen and oxygen atoms in total. The Bertz CT molecular complexity index is 1250. The molecule has 0 bridgehead atoms. The van der Waals surface area contributed by atoms with Crippen LogP contribution in [-0.2, 0) is 19.1 Å². The Morgan fingerprint density at radius 3 is 2.13 bits per heavy atom. The highest BCUT2D eigenvalue weighted by molar-refractivity contribution is 8.00. The predicted octanol–water partition coefficient (Wildman–Crippen LogP) is 2.92. The monoisotopic (exact) mass is 532 g/mol. The van der Waals surface area contributed by atoms with Crippen LogP contribution in [0, 0.1) is 0 Å². The van der Waals surface area contributed by atoms with E-state index in [0.717, 1.165) is 16.0 Å². The summed E-state index contributed by atoms with van der Waals surface area (Å²) in [6, 6.07) is 25.9. The summed E-state index contributed by atoms with van der Waals surface area (Å²) in [6.45, 7) is 1.43. The van der Waals surface area contributed by atoms with Crippen molar-refractivity contribution in [2.75, 3.05) is 12.4 Å². The molecule has 0 aliphatic carbocycles. The molecule has 2 unspecified atom stereocenters. The van der Waals surface area contributed by atoms with E-state index in [1.54, 1.807) is 31.2 Å². The highest BCUT2D eigenvalue weighted by Gasteiger charge is 2.65. The Morgan fingerprint density at radius 2 is 1.55 bits per heavy atom. The number of thioether (sulfide) groups is 1. The van der Waals surface area contributed by atoms with Crippen molar-refractivity contribution in [3.05, 3.63) is 102 Å². The van der Waals surface area contributed by atoms with E-state index in [2.05, 4.69) is 5.32 Å². The number of fused-ring (bicyclic) bond motifs is 1. The average molecular weight is 533 g/mol. The van der Waals surface area contributed by atoms with Crippen molar-refractivity contribution < 1.29 is 29.0 Å². The van der Waals surface area contributed by atoms with Crippen LogP contribution in [0.2, 0.25) is 0 Å². The van der Waals surface area contributed by atoms with Gasteiger partial charge >= 0.3 is 5.97 Å². The summed E-state index contributed by atoms with van der Waals surface area (Å²) in [6.07, 6.45) is -0.770. The van der Waals surface area contributed by atoms with Crippen molar-refractivity contribution in [1.29, 1.82) is 0 Å². The molecular weight excluding hydrogens is 504 g/mol. The van der Waals surface area contributed by atoms with E-state index in [0.29, 0.717) is 11.5 Å². The van der Waals surface area contributed by atoms with Crippen molar-refractivity contribution in [3.63, 3.8) is 0 Å². The molecule has 2 heterocycles. The van der Waals surface area contributed by atoms with Gasteiger partial charge in [0.25, 0.3) is 11.6 Å². The van der Waals surface area contributed by atoms with Gasteiger partial charge in [0.1, 0.15) is 11.8 Å². The highest BCUT2D eigenvalue weighted by atomic mass is 32.2. The van der Waals surface area contributed by atoms with Gasteiger partial charge < -0.3 is 19.9 Å². The number of amides is 2. The standard InChI is InChI=1S/C29H28N2O6S/c1-19-29(35,28(34)37-26(20-11-5-2-6-12-20)21-13-7-3-8-14-21)31-23(18-38-19)25(27(31)33)30-24(32)17-36-22-15-9-4-10-16-22/h2-16,19,23,25-26,35H,17-18H2,1H3,(H,30,32)/t19?,23-,25+,29?/m0/s1. The number of aliphatic hydroxyl groups is 1. The summed E-state index contributed by atoms with van der Waals surface area (Å²) >= 11 is 1.35. The second kappa shape index (κ2) is 10.9. The molecule has 0 saturated carbocycles. The summed E-state index contributed by atoms with van der Waals surface area (Å²) in [5.41, 5.74) is -0.711. The minimum atomic E-state index is -2.19. The van der Waals surface area contributed by atoms with Crippen molar-refractivity contribution in [1.82, 2.24) is 10.2 Å². The number of hydrogen-bond acceptors (Lipinski definition) is 7. The van der Waals surface area contributed by atoms with Crippen LogP contribution in [0.4, 0.5) is 0 Å². The Kier molecular flexibility index (Phi) is 7.40. The van der Waals surface area contributed by atoms with Gasteiger partial charge in [0, 0.05) is 5.75 Å². The number of carbonyl (C=O) groups is 3. The van der Waals surface area contributed by atoms with Crippen LogP contribution in [0.25, 0.3) is 0 Å². The maximum absolute atomic E-state index is 13.6. The van der Waals surface area contributed by atoms with E-state index in [1.807, 2.05) is 66.7 Å². The second-order valence-electron chi connectivity index (χ2n) is 9.23. The number of para-hydroxylation sites is 1. The predicted molar refractivity (Wildman–Crippen MR) is 142 cm³/mol. The summed E-state index contributed by atoms with van der Waals surface area (Å²) in [7, 11) is 0. The fraction of sp³-hybridized carbons (Fsp3) is 0.276. The Labute approximate surface area is 224 Å². The minimum Gasteiger partial charge on any atom is -0.484 e. The molecule has 2 saturated heterocycles. The van der Waals surface area contributed by atoms with Gasteiger partial charge in [-0.1, -0.05) is 78.9 Å². The molecule has 2 amide bonds.